The molecule has 1 heterocycles. The summed E-state index contributed by atoms with van der Waals surface area (Å²) in [7, 11) is 1.48. The summed E-state index contributed by atoms with van der Waals surface area (Å²) < 4.78 is 45.1. The Balaban J connectivity index is 2.34. The third-order valence-electron chi connectivity index (χ3n) is 3.76. The van der Waals surface area contributed by atoms with Crippen LogP contribution in [0.4, 0.5) is 24.5 Å². The second-order valence-electron chi connectivity index (χ2n) is 5.39. The predicted molar refractivity (Wildman–Crippen MR) is 85.1 cm³/mol. The van der Waals surface area contributed by atoms with E-state index in [2.05, 4.69) is 10.6 Å². The van der Waals surface area contributed by atoms with Gasteiger partial charge >= 0.3 is 6.18 Å². The van der Waals surface area contributed by atoms with Crippen LogP contribution < -0.4 is 21.3 Å². The van der Waals surface area contributed by atoms with Crippen LogP contribution in [0.3, 0.4) is 0 Å². The van der Waals surface area contributed by atoms with Crippen molar-refractivity contribution in [2.24, 2.45) is 5.73 Å². The number of carbonyl (C=O) groups is 2. The normalized spacial score (nSPS) is 16.7. The summed E-state index contributed by atoms with van der Waals surface area (Å²) in [4.78, 5) is 25.0. The van der Waals surface area contributed by atoms with E-state index in [1.54, 1.807) is 0 Å². The Morgan fingerprint density at radius 2 is 2.16 bits per heavy atom. The van der Waals surface area contributed by atoms with E-state index in [1.165, 1.54) is 18.0 Å². The van der Waals surface area contributed by atoms with Crippen molar-refractivity contribution in [1.29, 1.82) is 0 Å². The number of likely N-dealkylation sites (N-methyl/N-ethyl adjacent to an activating group) is 1. The molecule has 2 amide bonds. The van der Waals surface area contributed by atoms with E-state index in [0.29, 0.717) is 0 Å². The number of alkyl halides is 3. The molecule has 25 heavy (non-hydrogen) atoms. The topological polar surface area (TPSA) is 96.7 Å². The molecule has 1 atom stereocenters. The second kappa shape index (κ2) is 7.81. The maximum Gasteiger partial charge on any atom is 0.418 e. The Morgan fingerprint density at radius 1 is 1.44 bits per heavy atom. The number of morpholine rings is 1. The molecule has 0 spiro atoms. The fourth-order valence-corrected chi connectivity index (χ4v) is 2.41. The molecule has 10 heteroatoms. The van der Waals surface area contributed by atoms with Gasteiger partial charge in [-0.05, 0) is 25.2 Å². The van der Waals surface area contributed by atoms with Gasteiger partial charge in [-0.25, -0.2) is 0 Å². The zero-order valence-corrected chi connectivity index (χ0v) is 13.5. The van der Waals surface area contributed by atoms with Gasteiger partial charge in [0.15, 0.2) is 0 Å². The zero-order chi connectivity index (χ0) is 18.6. The van der Waals surface area contributed by atoms with Crippen molar-refractivity contribution >= 4 is 23.2 Å². The fourth-order valence-electron chi connectivity index (χ4n) is 2.41. The number of rotatable bonds is 5. The number of nitrogens with zero attached hydrogens (tertiary/aromatic N) is 1. The molecular formula is C15H19F3N4O3. The van der Waals surface area contributed by atoms with Crippen molar-refractivity contribution in [3.8, 4) is 0 Å². The number of hydrogen-bond acceptors (Lipinski definition) is 5. The van der Waals surface area contributed by atoms with Gasteiger partial charge in [-0.1, -0.05) is 0 Å². The average Bonchev–Trinajstić information content (AvgIpc) is 2.56. The third kappa shape index (κ3) is 4.47. The van der Waals surface area contributed by atoms with Crippen molar-refractivity contribution < 1.29 is 27.5 Å². The Hall–Kier alpha value is -2.17. The number of hydrogen-bond donors (Lipinski definition) is 3. The van der Waals surface area contributed by atoms with Crippen LogP contribution in [0, 0.1) is 0 Å². The molecule has 1 aliphatic rings. The van der Waals surface area contributed by atoms with Gasteiger partial charge in [-0.2, -0.15) is 13.2 Å². The minimum atomic E-state index is -4.70. The molecule has 0 radical (unpaired) electrons. The van der Waals surface area contributed by atoms with Crippen LogP contribution in [0.1, 0.15) is 5.56 Å². The quantitative estimate of drug-likeness (QED) is 0.713. The van der Waals surface area contributed by atoms with Gasteiger partial charge in [-0.15, -0.1) is 0 Å². The standard InChI is InChI=1S/C15H19F3N4O3/c1-20-12(7-19)14(24)21-11-3-2-9(6-10(11)15(16,17)18)22-4-5-25-8-13(22)23/h2-3,6,12,20H,4-5,7-8,19H2,1H3,(H,21,24)/t12-/m1/s1. The summed E-state index contributed by atoms with van der Waals surface area (Å²) in [5.41, 5.74) is 4.07. The number of amides is 2. The number of carbonyl (C=O) groups excluding carboxylic acids is 2. The Labute approximate surface area is 142 Å². The van der Waals surface area contributed by atoms with Gasteiger partial charge < -0.3 is 26.0 Å². The molecule has 1 fully saturated rings. The van der Waals surface area contributed by atoms with Gasteiger partial charge in [0.05, 0.1) is 23.9 Å². The molecule has 4 N–H and O–H groups in total. The van der Waals surface area contributed by atoms with Crippen LogP contribution >= 0.6 is 0 Å². The smallest absolute Gasteiger partial charge is 0.370 e. The monoisotopic (exact) mass is 360 g/mol. The summed E-state index contributed by atoms with van der Waals surface area (Å²) in [5.74, 6) is -1.10. The summed E-state index contributed by atoms with van der Waals surface area (Å²) in [6.45, 7) is 0.160. The maximum absolute atomic E-state index is 13.4. The predicted octanol–water partition coefficient (Wildman–Crippen LogP) is 0.554. The van der Waals surface area contributed by atoms with E-state index in [1.807, 2.05) is 0 Å². The first kappa shape index (κ1) is 19.2. The number of ether oxygens (including phenoxy) is 1. The lowest BCUT2D eigenvalue weighted by molar-refractivity contribution is -0.137. The fraction of sp³-hybridized carbons (Fsp3) is 0.467. The number of nitrogens with one attached hydrogen (secondary N) is 2. The first-order valence-electron chi connectivity index (χ1n) is 7.55. The molecule has 0 aromatic heterocycles. The molecule has 2 rings (SSSR count). The lowest BCUT2D eigenvalue weighted by Gasteiger charge is -2.28. The highest BCUT2D eigenvalue weighted by atomic mass is 19.4. The molecule has 138 valence electrons. The van der Waals surface area contributed by atoms with Crippen LogP contribution in [0.15, 0.2) is 18.2 Å². The molecule has 1 saturated heterocycles. The molecule has 1 aromatic carbocycles. The maximum atomic E-state index is 13.4. The van der Waals surface area contributed by atoms with Crippen molar-refractivity contribution in [2.45, 2.75) is 12.2 Å². The zero-order valence-electron chi connectivity index (χ0n) is 13.5. The van der Waals surface area contributed by atoms with Crippen molar-refractivity contribution in [1.82, 2.24) is 5.32 Å². The Kier molecular flexibility index (Phi) is 5.98. The highest BCUT2D eigenvalue weighted by Gasteiger charge is 2.35. The molecular weight excluding hydrogens is 341 g/mol. The van der Waals surface area contributed by atoms with E-state index in [4.69, 9.17) is 10.5 Å². The van der Waals surface area contributed by atoms with E-state index >= 15 is 0 Å². The summed E-state index contributed by atoms with van der Waals surface area (Å²) in [6.07, 6.45) is -4.70. The average molecular weight is 360 g/mol. The summed E-state index contributed by atoms with van der Waals surface area (Å²) >= 11 is 0. The van der Waals surface area contributed by atoms with Gasteiger partial charge in [0.25, 0.3) is 5.91 Å². The molecule has 0 unspecified atom stereocenters. The van der Waals surface area contributed by atoms with Crippen LogP contribution in [-0.4, -0.2) is 51.2 Å². The van der Waals surface area contributed by atoms with Gasteiger partial charge in [0.2, 0.25) is 5.91 Å². The Morgan fingerprint density at radius 3 is 2.72 bits per heavy atom. The number of nitrogens with two attached hydrogens (primary N) is 1. The SMILES string of the molecule is CN[C@H](CN)C(=O)Nc1ccc(N2CCOCC2=O)cc1C(F)(F)F. The van der Waals surface area contributed by atoms with Gasteiger partial charge in [0.1, 0.15) is 6.61 Å². The molecule has 0 aliphatic carbocycles. The van der Waals surface area contributed by atoms with Crippen molar-refractivity contribution in [2.75, 3.05) is 43.6 Å². The van der Waals surface area contributed by atoms with Gasteiger partial charge in [-0.3, -0.25) is 9.59 Å². The van der Waals surface area contributed by atoms with E-state index in [0.717, 1.165) is 12.1 Å². The van der Waals surface area contributed by atoms with Crippen LogP contribution in [0.5, 0.6) is 0 Å². The lowest BCUT2D eigenvalue weighted by atomic mass is 10.1. The molecule has 1 aliphatic heterocycles. The molecule has 7 nitrogen and oxygen atoms in total. The number of anilines is 2. The first-order valence-corrected chi connectivity index (χ1v) is 7.55. The van der Waals surface area contributed by atoms with Crippen LogP contribution in [-0.2, 0) is 20.5 Å². The minimum Gasteiger partial charge on any atom is -0.370 e. The molecule has 0 saturated carbocycles. The highest BCUT2D eigenvalue weighted by Crippen LogP contribution is 2.37. The van der Waals surface area contributed by atoms with Crippen LogP contribution in [0.2, 0.25) is 0 Å². The minimum absolute atomic E-state index is 0.0654. The largest absolute Gasteiger partial charge is 0.418 e. The summed E-state index contributed by atoms with van der Waals surface area (Å²) in [6, 6.07) is 2.50. The molecule has 1 aromatic rings. The van der Waals surface area contributed by atoms with Crippen LogP contribution in [0.25, 0.3) is 0 Å². The lowest BCUT2D eigenvalue weighted by Crippen LogP contribution is -2.44. The number of halogens is 3. The molecule has 0 bridgehead atoms. The first-order chi connectivity index (χ1) is 11.8. The van der Waals surface area contributed by atoms with Gasteiger partial charge in [0, 0.05) is 18.8 Å². The third-order valence-corrected chi connectivity index (χ3v) is 3.76. The second-order valence-corrected chi connectivity index (χ2v) is 5.39. The summed E-state index contributed by atoms with van der Waals surface area (Å²) in [5, 5.41) is 4.84. The number of benzene rings is 1. The van der Waals surface area contributed by atoms with E-state index in [9.17, 15) is 22.8 Å². The van der Waals surface area contributed by atoms with Crippen molar-refractivity contribution in [3.63, 3.8) is 0 Å². The van der Waals surface area contributed by atoms with E-state index in [-0.39, 0.29) is 32.0 Å². The Bertz CT molecular complexity index is 647. The van der Waals surface area contributed by atoms with E-state index < -0.39 is 35.3 Å². The van der Waals surface area contributed by atoms with Crippen molar-refractivity contribution in [3.05, 3.63) is 23.8 Å². The highest BCUT2D eigenvalue weighted by molar-refractivity contribution is 5.97.